The molecule has 0 saturated carbocycles. The van der Waals surface area contributed by atoms with Gasteiger partial charge in [-0.25, -0.2) is 0 Å². The summed E-state index contributed by atoms with van der Waals surface area (Å²) in [5.41, 5.74) is 0. The van der Waals surface area contributed by atoms with Crippen molar-refractivity contribution in [1.82, 2.24) is 15.1 Å². The third-order valence-corrected chi connectivity index (χ3v) is 4.96. The van der Waals surface area contributed by atoms with Crippen LogP contribution in [0.1, 0.15) is 46.5 Å². The number of hydrogen-bond donors (Lipinski definition) is 1. The number of nitrogens with zero attached hydrogens (tertiary/aromatic N) is 2. The number of hydrogen-bond acceptors (Lipinski definition) is 3. The molecule has 0 aromatic rings. The first kappa shape index (κ1) is 14.3. The van der Waals surface area contributed by atoms with E-state index in [1.807, 2.05) is 0 Å². The van der Waals surface area contributed by atoms with Crippen molar-refractivity contribution in [2.45, 2.75) is 64.6 Å². The average Bonchev–Trinajstić information content (AvgIpc) is 2.46. The molecule has 18 heavy (non-hydrogen) atoms. The lowest BCUT2D eigenvalue weighted by atomic mass is 9.97. The number of piperazine rings is 1. The molecule has 2 saturated heterocycles. The lowest BCUT2D eigenvalue weighted by Crippen LogP contribution is -2.61. The predicted molar refractivity (Wildman–Crippen MR) is 78.0 cm³/mol. The van der Waals surface area contributed by atoms with Crippen molar-refractivity contribution >= 4 is 0 Å². The van der Waals surface area contributed by atoms with Crippen LogP contribution in [0.3, 0.4) is 0 Å². The molecule has 3 nitrogen and oxygen atoms in total. The third kappa shape index (κ3) is 3.06. The van der Waals surface area contributed by atoms with Crippen molar-refractivity contribution in [3.8, 4) is 0 Å². The van der Waals surface area contributed by atoms with Gasteiger partial charge in [0.15, 0.2) is 0 Å². The van der Waals surface area contributed by atoms with Crippen LogP contribution in [0.15, 0.2) is 0 Å². The van der Waals surface area contributed by atoms with E-state index >= 15 is 0 Å². The van der Waals surface area contributed by atoms with Crippen molar-refractivity contribution in [2.75, 3.05) is 32.7 Å². The molecule has 2 aliphatic heterocycles. The summed E-state index contributed by atoms with van der Waals surface area (Å²) in [7, 11) is 0. The van der Waals surface area contributed by atoms with Crippen molar-refractivity contribution in [2.24, 2.45) is 0 Å². The molecule has 2 heterocycles. The van der Waals surface area contributed by atoms with Crippen molar-refractivity contribution in [3.63, 3.8) is 0 Å². The molecular formula is C15H31N3. The Labute approximate surface area is 113 Å². The van der Waals surface area contributed by atoms with Crippen LogP contribution < -0.4 is 5.32 Å². The monoisotopic (exact) mass is 253 g/mol. The molecule has 0 amide bonds. The SMILES string of the molecule is CCC1CN(C2CCNCC2)CC(CC)N1CC. The average molecular weight is 253 g/mol. The first-order chi connectivity index (χ1) is 8.80. The van der Waals surface area contributed by atoms with Crippen LogP contribution in [0.2, 0.25) is 0 Å². The van der Waals surface area contributed by atoms with E-state index in [-0.39, 0.29) is 0 Å². The van der Waals surface area contributed by atoms with Crippen LogP contribution in [0, 0.1) is 0 Å². The largest absolute Gasteiger partial charge is 0.317 e. The summed E-state index contributed by atoms with van der Waals surface area (Å²) < 4.78 is 0. The van der Waals surface area contributed by atoms with Crippen LogP contribution in [0.4, 0.5) is 0 Å². The van der Waals surface area contributed by atoms with Crippen LogP contribution in [0.5, 0.6) is 0 Å². The van der Waals surface area contributed by atoms with Crippen LogP contribution >= 0.6 is 0 Å². The van der Waals surface area contributed by atoms with Gasteiger partial charge >= 0.3 is 0 Å². The molecule has 2 atom stereocenters. The van der Waals surface area contributed by atoms with E-state index < -0.39 is 0 Å². The van der Waals surface area contributed by atoms with Crippen molar-refractivity contribution in [3.05, 3.63) is 0 Å². The maximum Gasteiger partial charge on any atom is 0.0224 e. The minimum atomic E-state index is 0.781. The zero-order valence-electron chi connectivity index (χ0n) is 12.5. The summed E-state index contributed by atoms with van der Waals surface area (Å²) in [6.45, 7) is 13.3. The van der Waals surface area contributed by atoms with Crippen LogP contribution in [0.25, 0.3) is 0 Å². The quantitative estimate of drug-likeness (QED) is 0.826. The number of rotatable bonds is 4. The standard InChI is InChI=1S/C15H31N3/c1-4-13-11-17(15-7-9-16-10-8-15)12-14(5-2)18(13)6-3/h13-16H,4-12H2,1-3H3. The molecule has 0 aromatic heterocycles. The molecule has 106 valence electrons. The molecule has 3 heteroatoms. The Kier molecular flexibility index (Phi) is 5.46. The fourth-order valence-corrected chi connectivity index (χ4v) is 3.84. The molecule has 0 aliphatic carbocycles. The summed E-state index contributed by atoms with van der Waals surface area (Å²) in [4.78, 5) is 5.55. The van der Waals surface area contributed by atoms with Gasteiger partial charge < -0.3 is 5.32 Å². The highest BCUT2D eigenvalue weighted by molar-refractivity contribution is 4.91. The lowest BCUT2D eigenvalue weighted by Gasteiger charge is -2.49. The normalized spacial score (nSPS) is 32.8. The van der Waals surface area contributed by atoms with Crippen LogP contribution in [-0.2, 0) is 0 Å². The van der Waals surface area contributed by atoms with E-state index in [0.717, 1.165) is 18.1 Å². The molecule has 0 spiro atoms. The Balaban J connectivity index is 2.00. The fraction of sp³-hybridized carbons (Fsp3) is 1.00. The summed E-state index contributed by atoms with van der Waals surface area (Å²) in [5.74, 6) is 0. The number of nitrogens with one attached hydrogen (secondary N) is 1. The molecule has 2 aliphatic rings. The molecule has 2 rings (SSSR count). The molecule has 2 fully saturated rings. The molecule has 0 aromatic carbocycles. The van der Waals surface area contributed by atoms with E-state index in [4.69, 9.17) is 0 Å². The van der Waals surface area contributed by atoms with Gasteiger partial charge in [0.1, 0.15) is 0 Å². The van der Waals surface area contributed by atoms with Crippen LogP contribution in [-0.4, -0.2) is 60.6 Å². The molecule has 1 N–H and O–H groups in total. The van der Waals surface area contributed by atoms with Gasteiger partial charge in [-0.05, 0) is 45.3 Å². The minimum Gasteiger partial charge on any atom is -0.317 e. The molecule has 2 unspecified atom stereocenters. The van der Waals surface area contributed by atoms with Gasteiger partial charge in [-0.1, -0.05) is 20.8 Å². The van der Waals surface area contributed by atoms with Gasteiger partial charge in [0.05, 0.1) is 0 Å². The second kappa shape index (κ2) is 6.88. The Morgan fingerprint density at radius 2 is 1.50 bits per heavy atom. The Morgan fingerprint density at radius 3 is 1.94 bits per heavy atom. The van der Waals surface area contributed by atoms with Gasteiger partial charge in [-0.3, -0.25) is 9.80 Å². The Hall–Kier alpha value is -0.120. The fourth-order valence-electron chi connectivity index (χ4n) is 3.84. The lowest BCUT2D eigenvalue weighted by molar-refractivity contribution is -0.00340. The Bertz CT molecular complexity index is 224. The highest BCUT2D eigenvalue weighted by Gasteiger charge is 2.34. The molecule has 0 bridgehead atoms. The van der Waals surface area contributed by atoms with Gasteiger partial charge in [0.25, 0.3) is 0 Å². The van der Waals surface area contributed by atoms with E-state index in [0.29, 0.717) is 0 Å². The van der Waals surface area contributed by atoms with Gasteiger partial charge in [0.2, 0.25) is 0 Å². The zero-order valence-corrected chi connectivity index (χ0v) is 12.5. The molecular weight excluding hydrogens is 222 g/mol. The predicted octanol–water partition coefficient (Wildman–Crippen LogP) is 1.93. The smallest absolute Gasteiger partial charge is 0.0224 e. The van der Waals surface area contributed by atoms with E-state index in [9.17, 15) is 0 Å². The number of likely N-dealkylation sites (N-methyl/N-ethyl adjacent to an activating group) is 1. The number of piperidine rings is 1. The topological polar surface area (TPSA) is 18.5 Å². The first-order valence-corrected chi connectivity index (χ1v) is 8.00. The minimum absolute atomic E-state index is 0.781. The molecule has 0 radical (unpaired) electrons. The Morgan fingerprint density at radius 1 is 0.944 bits per heavy atom. The van der Waals surface area contributed by atoms with Gasteiger partial charge in [-0.2, -0.15) is 0 Å². The summed E-state index contributed by atoms with van der Waals surface area (Å²) >= 11 is 0. The van der Waals surface area contributed by atoms with E-state index in [2.05, 4.69) is 35.9 Å². The maximum absolute atomic E-state index is 3.49. The summed E-state index contributed by atoms with van der Waals surface area (Å²) in [5, 5.41) is 3.49. The summed E-state index contributed by atoms with van der Waals surface area (Å²) in [6.07, 6.45) is 5.29. The first-order valence-electron chi connectivity index (χ1n) is 8.00. The second-order valence-corrected chi connectivity index (χ2v) is 5.89. The highest BCUT2D eigenvalue weighted by atomic mass is 15.3. The zero-order chi connectivity index (χ0) is 13.0. The van der Waals surface area contributed by atoms with Crippen molar-refractivity contribution < 1.29 is 0 Å². The third-order valence-electron chi connectivity index (χ3n) is 4.96. The van der Waals surface area contributed by atoms with Gasteiger partial charge in [0, 0.05) is 31.2 Å². The maximum atomic E-state index is 3.49. The van der Waals surface area contributed by atoms with E-state index in [1.165, 1.54) is 58.4 Å². The van der Waals surface area contributed by atoms with Crippen molar-refractivity contribution in [1.29, 1.82) is 0 Å². The second-order valence-electron chi connectivity index (χ2n) is 5.89. The summed E-state index contributed by atoms with van der Waals surface area (Å²) in [6, 6.07) is 2.40. The van der Waals surface area contributed by atoms with Gasteiger partial charge in [-0.15, -0.1) is 0 Å². The van der Waals surface area contributed by atoms with E-state index in [1.54, 1.807) is 0 Å². The highest BCUT2D eigenvalue weighted by Crippen LogP contribution is 2.24.